The lowest BCUT2D eigenvalue weighted by Gasteiger charge is -2.31. The van der Waals surface area contributed by atoms with Crippen LogP contribution in [0, 0.1) is 12.8 Å². The Labute approximate surface area is 116 Å². The minimum atomic E-state index is 0. The van der Waals surface area contributed by atoms with Gasteiger partial charge < -0.3 is 9.84 Å². The molecule has 0 aromatic carbocycles. The highest BCUT2D eigenvalue weighted by molar-refractivity contribution is 5.85. The molecule has 1 saturated heterocycles. The number of aromatic nitrogens is 1. The van der Waals surface area contributed by atoms with Crippen molar-refractivity contribution in [3.05, 3.63) is 17.5 Å². The van der Waals surface area contributed by atoms with Crippen LogP contribution in [0.5, 0.6) is 0 Å². The van der Waals surface area contributed by atoms with Gasteiger partial charge in [0.1, 0.15) is 5.76 Å². The lowest BCUT2D eigenvalue weighted by Crippen LogP contribution is -2.34. The van der Waals surface area contributed by atoms with Crippen LogP contribution in [0.3, 0.4) is 0 Å². The summed E-state index contributed by atoms with van der Waals surface area (Å²) in [5.41, 5.74) is 1.07. The average molecular weight is 274 g/mol. The number of hydrogen-bond donors (Lipinski definition) is 1. The predicted molar refractivity (Wildman–Crippen MR) is 75.0 cm³/mol. The van der Waals surface area contributed by atoms with Gasteiger partial charge in [-0.1, -0.05) is 5.16 Å². The van der Waals surface area contributed by atoms with Crippen LogP contribution in [0.2, 0.25) is 0 Å². The van der Waals surface area contributed by atoms with E-state index in [-0.39, 0.29) is 12.4 Å². The first-order valence-corrected chi connectivity index (χ1v) is 6.57. The normalized spacial score (nSPS) is 17.7. The summed E-state index contributed by atoms with van der Waals surface area (Å²) < 4.78 is 5.10. The van der Waals surface area contributed by atoms with E-state index in [0.29, 0.717) is 0 Å². The Bertz CT molecular complexity index is 335. The van der Waals surface area contributed by atoms with E-state index in [0.717, 1.165) is 30.5 Å². The van der Waals surface area contributed by atoms with Gasteiger partial charge in [0, 0.05) is 12.6 Å². The zero-order valence-electron chi connectivity index (χ0n) is 11.3. The summed E-state index contributed by atoms with van der Waals surface area (Å²) in [5.74, 6) is 1.81. The molecule has 1 aromatic rings. The second kappa shape index (κ2) is 7.77. The van der Waals surface area contributed by atoms with Gasteiger partial charge in [-0.15, -0.1) is 12.4 Å². The van der Waals surface area contributed by atoms with E-state index in [1.807, 2.05) is 20.0 Å². The quantitative estimate of drug-likeness (QED) is 0.893. The maximum Gasteiger partial charge on any atom is 0.133 e. The monoisotopic (exact) mass is 273 g/mol. The van der Waals surface area contributed by atoms with Gasteiger partial charge in [0.25, 0.3) is 0 Å². The van der Waals surface area contributed by atoms with Crippen LogP contribution < -0.4 is 5.32 Å². The van der Waals surface area contributed by atoms with Gasteiger partial charge in [0.15, 0.2) is 0 Å². The molecule has 0 atom stereocenters. The third kappa shape index (κ3) is 4.59. The zero-order valence-corrected chi connectivity index (χ0v) is 12.1. The Morgan fingerprint density at radius 1 is 1.44 bits per heavy atom. The molecule has 104 valence electrons. The van der Waals surface area contributed by atoms with Crippen LogP contribution in [-0.4, -0.2) is 36.7 Å². The topological polar surface area (TPSA) is 41.3 Å². The largest absolute Gasteiger partial charge is 0.361 e. The summed E-state index contributed by atoms with van der Waals surface area (Å²) in [6.45, 7) is 6.42. The molecule has 0 radical (unpaired) electrons. The SMILES string of the molecule is CNCCC1CCN(Cc2cc(C)on2)CC1.Cl. The lowest BCUT2D eigenvalue weighted by molar-refractivity contribution is 0.168. The number of rotatable bonds is 5. The first-order chi connectivity index (χ1) is 8.28. The molecule has 1 fully saturated rings. The Kier molecular flexibility index (Phi) is 6.68. The van der Waals surface area contributed by atoms with Crippen molar-refractivity contribution in [3.63, 3.8) is 0 Å². The molecule has 5 heteroatoms. The van der Waals surface area contributed by atoms with Crippen LogP contribution in [0.4, 0.5) is 0 Å². The van der Waals surface area contributed by atoms with E-state index in [1.54, 1.807) is 0 Å². The van der Waals surface area contributed by atoms with Gasteiger partial charge in [0.2, 0.25) is 0 Å². The molecule has 2 heterocycles. The smallest absolute Gasteiger partial charge is 0.133 e. The van der Waals surface area contributed by atoms with Crippen molar-refractivity contribution in [3.8, 4) is 0 Å². The zero-order chi connectivity index (χ0) is 12.1. The number of likely N-dealkylation sites (tertiary alicyclic amines) is 1. The number of nitrogens with one attached hydrogen (secondary N) is 1. The average Bonchev–Trinajstić information content (AvgIpc) is 2.74. The molecule has 4 nitrogen and oxygen atoms in total. The molecule has 1 aliphatic rings. The van der Waals surface area contributed by atoms with E-state index >= 15 is 0 Å². The molecule has 1 aliphatic heterocycles. The Morgan fingerprint density at radius 2 is 2.17 bits per heavy atom. The van der Waals surface area contributed by atoms with Gasteiger partial charge in [0.05, 0.1) is 5.69 Å². The standard InChI is InChI=1S/C13H23N3O.ClH/c1-11-9-13(15-17-11)10-16-7-4-12(5-8-16)3-6-14-2;/h9,12,14H,3-8,10H2,1-2H3;1H. The van der Waals surface area contributed by atoms with Gasteiger partial charge in [-0.25, -0.2) is 0 Å². The Morgan fingerprint density at radius 3 is 2.72 bits per heavy atom. The molecule has 0 spiro atoms. The van der Waals surface area contributed by atoms with Crippen LogP contribution in [0.1, 0.15) is 30.7 Å². The summed E-state index contributed by atoms with van der Waals surface area (Å²) >= 11 is 0. The minimum absolute atomic E-state index is 0. The first-order valence-electron chi connectivity index (χ1n) is 6.57. The second-order valence-electron chi connectivity index (χ2n) is 5.04. The highest BCUT2D eigenvalue weighted by Gasteiger charge is 2.19. The summed E-state index contributed by atoms with van der Waals surface area (Å²) in [6.07, 6.45) is 3.95. The summed E-state index contributed by atoms with van der Waals surface area (Å²) in [5, 5.41) is 7.28. The van der Waals surface area contributed by atoms with Gasteiger partial charge in [-0.3, -0.25) is 4.90 Å². The van der Waals surface area contributed by atoms with E-state index in [4.69, 9.17) is 4.52 Å². The minimum Gasteiger partial charge on any atom is -0.361 e. The molecular weight excluding hydrogens is 250 g/mol. The molecule has 0 bridgehead atoms. The predicted octanol–water partition coefficient (Wildman–Crippen LogP) is 2.23. The van der Waals surface area contributed by atoms with Crippen LogP contribution in [0.25, 0.3) is 0 Å². The fourth-order valence-corrected chi connectivity index (χ4v) is 2.50. The fourth-order valence-electron chi connectivity index (χ4n) is 2.50. The van der Waals surface area contributed by atoms with E-state index < -0.39 is 0 Å². The van der Waals surface area contributed by atoms with Crippen molar-refractivity contribution in [1.29, 1.82) is 0 Å². The van der Waals surface area contributed by atoms with Crippen LogP contribution >= 0.6 is 12.4 Å². The molecule has 0 amide bonds. The molecule has 0 unspecified atom stereocenters. The Balaban J connectivity index is 0.00000162. The van der Waals surface area contributed by atoms with Crippen molar-refractivity contribution < 1.29 is 4.52 Å². The van der Waals surface area contributed by atoms with E-state index in [9.17, 15) is 0 Å². The van der Waals surface area contributed by atoms with Crippen molar-refractivity contribution in [1.82, 2.24) is 15.4 Å². The number of halogens is 1. The highest BCUT2D eigenvalue weighted by atomic mass is 35.5. The van der Waals surface area contributed by atoms with Crippen molar-refractivity contribution in [2.45, 2.75) is 32.7 Å². The molecule has 1 N–H and O–H groups in total. The maximum absolute atomic E-state index is 5.10. The van der Waals surface area contributed by atoms with E-state index in [1.165, 1.54) is 32.4 Å². The molecule has 0 saturated carbocycles. The second-order valence-corrected chi connectivity index (χ2v) is 5.04. The molecule has 0 aliphatic carbocycles. The van der Waals surface area contributed by atoms with Gasteiger partial charge >= 0.3 is 0 Å². The highest BCUT2D eigenvalue weighted by Crippen LogP contribution is 2.21. The van der Waals surface area contributed by atoms with Crippen molar-refractivity contribution in [2.75, 3.05) is 26.7 Å². The molecule has 18 heavy (non-hydrogen) atoms. The maximum atomic E-state index is 5.10. The third-order valence-corrected chi connectivity index (χ3v) is 3.57. The summed E-state index contributed by atoms with van der Waals surface area (Å²) in [6, 6.07) is 2.03. The molecular formula is C13H24ClN3O. The summed E-state index contributed by atoms with van der Waals surface area (Å²) in [7, 11) is 2.03. The first kappa shape index (κ1) is 15.5. The lowest BCUT2D eigenvalue weighted by atomic mass is 9.93. The van der Waals surface area contributed by atoms with Gasteiger partial charge in [-0.2, -0.15) is 0 Å². The number of aryl methyl sites for hydroxylation is 1. The fraction of sp³-hybridized carbons (Fsp3) is 0.769. The molecule has 1 aromatic heterocycles. The molecule has 2 rings (SSSR count). The van der Waals surface area contributed by atoms with Crippen molar-refractivity contribution >= 4 is 12.4 Å². The number of nitrogens with zero attached hydrogens (tertiary/aromatic N) is 2. The Hall–Kier alpha value is -0.580. The van der Waals surface area contributed by atoms with Gasteiger partial charge in [-0.05, 0) is 58.8 Å². The van der Waals surface area contributed by atoms with Crippen molar-refractivity contribution in [2.24, 2.45) is 5.92 Å². The van der Waals surface area contributed by atoms with Crippen LogP contribution in [-0.2, 0) is 6.54 Å². The number of piperidine rings is 1. The third-order valence-electron chi connectivity index (χ3n) is 3.57. The summed E-state index contributed by atoms with van der Waals surface area (Å²) in [4.78, 5) is 2.48. The van der Waals surface area contributed by atoms with E-state index in [2.05, 4.69) is 15.4 Å². The van der Waals surface area contributed by atoms with Crippen LogP contribution in [0.15, 0.2) is 10.6 Å². The number of hydrogen-bond acceptors (Lipinski definition) is 4.